The summed E-state index contributed by atoms with van der Waals surface area (Å²) in [7, 11) is 3.86. The average molecular weight is 248 g/mol. The monoisotopic (exact) mass is 248 g/mol. The van der Waals surface area contributed by atoms with Crippen LogP contribution in [-0.2, 0) is 0 Å². The molecule has 2 rings (SSSR count). The van der Waals surface area contributed by atoms with E-state index >= 15 is 0 Å². The fourth-order valence-corrected chi connectivity index (χ4v) is 2.55. The number of nitrogens with zero attached hydrogens (tertiary/aromatic N) is 1. The summed E-state index contributed by atoms with van der Waals surface area (Å²) < 4.78 is 5.25. The number of anilines is 1. The van der Waals surface area contributed by atoms with Crippen LogP contribution in [-0.4, -0.2) is 33.3 Å². The van der Waals surface area contributed by atoms with Crippen LogP contribution in [0.1, 0.15) is 25.7 Å². The Bertz CT molecular complexity index is 361. The molecule has 3 nitrogen and oxygen atoms in total. The van der Waals surface area contributed by atoms with Crippen molar-refractivity contribution in [2.45, 2.75) is 31.7 Å². The normalized spacial score (nSPS) is 18.9. The van der Waals surface area contributed by atoms with E-state index in [9.17, 15) is 0 Å². The maximum absolute atomic E-state index is 5.25. The Hall–Kier alpha value is -1.22. The van der Waals surface area contributed by atoms with Crippen LogP contribution in [0, 0.1) is 0 Å². The molecule has 1 aromatic rings. The van der Waals surface area contributed by atoms with Crippen LogP contribution in [0.3, 0.4) is 0 Å². The van der Waals surface area contributed by atoms with Crippen LogP contribution in [0.4, 0.5) is 5.69 Å². The molecular formula is C15H24N2O. The molecular weight excluding hydrogens is 224 g/mol. The topological polar surface area (TPSA) is 24.5 Å². The van der Waals surface area contributed by atoms with Crippen molar-refractivity contribution in [3.8, 4) is 5.75 Å². The van der Waals surface area contributed by atoms with E-state index in [-0.39, 0.29) is 0 Å². The van der Waals surface area contributed by atoms with Gasteiger partial charge in [0, 0.05) is 31.4 Å². The van der Waals surface area contributed by atoms with Gasteiger partial charge in [0.05, 0.1) is 7.11 Å². The number of nitrogens with one attached hydrogen (secondary N) is 1. The van der Waals surface area contributed by atoms with E-state index in [1.54, 1.807) is 7.11 Å². The third kappa shape index (κ3) is 3.64. The second-order valence-corrected chi connectivity index (χ2v) is 5.06. The summed E-state index contributed by atoms with van der Waals surface area (Å²) in [6.07, 6.45) is 5.22. The summed E-state index contributed by atoms with van der Waals surface area (Å²) in [6, 6.07) is 9.01. The standard InChI is InChI=1S/C15H24N2O/c1-17(11-5-7-13-6-4-10-16-13)14-8-3-9-15(12-14)18-2/h3,8-9,12-13,16H,4-7,10-11H2,1-2H3. The van der Waals surface area contributed by atoms with Crippen molar-refractivity contribution in [3.05, 3.63) is 24.3 Å². The SMILES string of the molecule is COc1cccc(N(C)CCCC2CCCN2)c1. The van der Waals surface area contributed by atoms with Crippen molar-refractivity contribution in [1.82, 2.24) is 5.32 Å². The minimum atomic E-state index is 0.753. The van der Waals surface area contributed by atoms with Gasteiger partial charge in [0.1, 0.15) is 5.75 Å². The molecule has 18 heavy (non-hydrogen) atoms. The smallest absolute Gasteiger partial charge is 0.120 e. The lowest BCUT2D eigenvalue weighted by Crippen LogP contribution is -2.24. The van der Waals surface area contributed by atoms with Gasteiger partial charge in [-0.3, -0.25) is 0 Å². The van der Waals surface area contributed by atoms with E-state index in [4.69, 9.17) is 4.74 Å². The summed E-state index contributed by atoms with van der Waals surface area (Å²) in [4.78, 5) is 2.30. The summed E-state index contributed by atoms with van der Waals surface area (Å²) in [6.45, 7) is 2.31. The number of hydrogen-bond acceptors (Lipinski definition) is 3. The zero-order valence-corrected chi connectivity index (χ0v) is 11.5. The first-order valence-electron chi connectivity index (χ1n) is 6.88. The molecule has 1 saturated heterocycles. The van der Waals surface area contributed by atoms with Crippen LogP contribution in [0.2, 0.25) is 0 Å². The molecule has 0 aromatic heterocycles. The van der Waals surface area contributed by atoms with E-state index in [1.165, 1.54) is 37.9 Å². The van der Waals surface area contributed by atoms with Gasteiger partial charge in [-0.15, -0.1) is 0 Å². The lowest BCUT2D eigenvalue weighted by molar-refractivity contribution is 0.415. The van der Waals surface area contributed by atoms with Crippen LogP contribution >= 0.6 is 0 Å². The first kappa shape index (κ1) is 13.2. The van der Waals surface area contributed by atoms with Crippen LogP contribution in [0.25, 0.3) is 0 Å². The molecule has 1 atom stereocenters. The Labute approximate surface area is 110 Å². The number of rotatable bonds is 6. The molecule has 1 aliphatic rings. The van der Waals surface area contributed by atoms with Crippen molar-refractivity contribution in [2.24, 2.45) is 0 Å². The first-order chi connectivity index (χ1) is 8.79. The van der Waals surface area contributed by atoms with Crippen LogP contribution in [0.5, 0.6) is 5.75 Å². The number of hydrogen-bond donors (Lipinski definition) is 1. The van der Waals surface area contributed by atoms with Gasteiger partial charge in [0.15, 0.2) is 0 Å². The molecule has 3 heteroatoms. The molecule has 0 spiro atoms. The van der Waals surface area contributed by atoms with Crippen LogP contribution in [0.15, 0.2) is 24.3 Å². The second kappa shape index (κ2) is 6.64. The number of ether oxygens (including phenoxy) is 1. The fourth-order valence-electron chi connectivity index (χ4n) is 2.55. The van der Waals surface area contributed by atoms with Crippen molar-refractivity contribution < 1.29 is 4.74 Å². The highest BCUT2D eigenvalue weighted by Crippen LogP contribution is 2.20. The van der Waals surface area contributed by atoms with E-state index < -0.39 is 0 Å². The van der Waals surface area contributed by atoms with Crippen molar-refractivity contribution in [1.29, 1.82) is 0 Å². The predicted octanol–water partition coefficient (Wildman–Crippen LogP) is 2.66. The second-order valence-electron chi connectivity index (χ2n) is 5.06. The maximum Gasteiger partial charge on any atom is 0.120 e. The van der Waals surface area contributed by atoms with Gasteiger partial charge < -0.3 is 15.0 Å². The highest BCUT2D eigenvalue weighted by atomic mass is 16.5. The lowest BCUT2D eigenvalue weighted by atomic mass is 10.1. The summed E-state index contributed by atoms with van der Waals surface area (Å²) in [5.74, 6) is 0.928. The molecule has 1 fully saturated rings. The lowest BCUT2D eigenvalue weighted by Gasteiger charge is -2.20. The predicted molar refractivity (Wildman–Crippen MR) is 76.5 cm³/mol. The van der Waals surface area contributed by atoms with Gasteiger partial charge in [-0.25, -0.2) is 0 Å². The Kier molecular flexibility index (Phi) is 4.88. The van der Waals surface area contributed by atoms with Crippen molar-refractivity contribution >= 4 is 5.69 Å². The van der Waals surface area contributed by atoms with Gasteiger partial charge in [-0.2, -0.15) is 0 Å². The largest absolute Gasteiger partial charge is 0.497 e. The molecule has 0 saturated carbocycles. The Morgan fingerprint density at radius 3 is 3.06 bits per heavy atom. The summed E-state index contributed by atoms with van der Waals surface area (Å²) in [5.41, 5.74) is 1.23. The molecule has 1 N–H and O–H groups in total. The minimum Gasteiger partial charge on any atom is -0.497 e. The molecule has 0 amide bonds. The summed E-state index contributed by atoms with van der Waals surface area (Å²) >= 11 is 0. The molecule has 0 radical (unpaired) electrons. The van der Waals surface area contributed by atoms with Crippen molar-refractivity contribution in [3.63, 3.8) is 0 Å². The summed E-state index contributed by atoms with van der Waals surface area (Å²) in [5, 5.41) is 3.55. The first-order valence-corrected chi connectivity index (χ1v) is 6.88. The van der Waals surface area contributed by atoms with Crippen molar-refractivity contribution in [2.75, 3.05) is 32.1 Å². The highest BCUT2D eigenvalue weighted by molar-refractivity contribution is 5.49. The quantitative estimate of drug-likeness (QED) is 0.837. The molecule has 1 heterocycles. The molecule has 0 bridgehead atoms. The van der Waals surface area contributed by atoms with Gasteiger partial charge in [-0.05, 0) is 44.4 Å². The Morgan fingerprint density at radius 2 is 2.33 bits per heavy atom. The minimum absolute atomic E-state index is 0.753. The molecule has 0 aliphatic carbocycles. The van der Waals surface area contributed by atoms with Gasteiger partial charge >= 0.3 is 0 Å². The fraction of sp³-hybridized carbons (Fsp3) is 0.600. The van der Waals surface area contributed by atoms with E-state index in [2.05, 4.69) is 29.4 Å². The highest BCUT2D eigenvalue weighted by Gasteiger charge is 2.13. The molecule has 100 valence electrons. The zero-order valence-electron chi connectivity index (χ0n) is 11.5. The van der Waals surface area contributed by atoms with Gasteiger partial charge in [0.2, 0.25) is 0 Å². The third-order valence-electron chi connectivity index (χ3n) is 3.70. The van der Waals surface area contributed by atoms with Gasteiger partial charge in [0.25, 0.3) is 0 Å². The van der Waals surface area contributed by atoms with E-state index in [1.807, 2.05) is 12.1 Å². The molecule has 1 aliphatic heterocycles. The Balaban J connectivity index is 1.77. The van der Waals surface area contributed by atoms with Gasteiger partial charge in [-0.1, -0.05) is 6.07 Å². The number of methoxy groups -OCH3 is 1. The number of benzene rings is 1. The maximum atomic E-state index is 5.25. The molecule has 1 aromatic carbocycles. The van der Waals surface area contributed by atoms with E-state index in [0.717, 1.165) is 18.3 Å². The van der Waals surface area contributed by atoms with E-state index in [0.29, 0.717) is 0 Å². The van der Waals surface area contributed by atoms with Crippen LogP contribution < -0.4 is 15.0 Å². The average Bonchev–Trinajstić information content (AvgIpc) is 2.92. The third-order valence-corrected chi connectivity index (χ3v) is 3.70. The zero-order chi connectivity index (χ0) is 12.8. The molecule has 1 unspecified atom stereocenters. The Morgan fingerprint density at radius 1 is 1.44 bits per heavy atom.